The second kappa shape index (κ2) is 7.40. The van der Waals surface area contributed by atoms with E-state index in [-0.39, 0.29) is 23.2 Å². The van der Waals surface area contributed by atoms with Crippen molar-refractivity contribution in [2.45, 2.75) is 52.0 Å². The summed E-state index contributed by atoms with van der Waals surface area (Å²) in [5.41, 5.74) is 4.01. The molecule has 0 aliphatic carbocycles. The largest absolute Gasteiger partial charge is 0.365 e. The molecule has 1 aliphatic rings. The van der Waals surface area contributed by atoms with Gasteiger partial charge in [0, 0.05) is 30.7 Å². The number of fused-ring (bicyclic) bond motifs is 1. The van der Waals surface area contributed by atoms with Crippen LogP contribution >= 0.6 is 11.3 Å². The van der Waals surface area contributed by atoms with Gasteiger partial charge in [0.05, 0.1) is 16.9 Å². The van der Waals surface area contributed by atoms with Crippen LogP contribution < -0.4 is 5.32 Å². The van der Waals surface area contributed by atoms with Gasteiger partial charge in [0.15, 0.2) is 0 Å². The summed E-state index contributed by atoms with van der Waals surface area (Å²) < 4.78 is 15.7. The number of aryl methyl sites for hydroxylation is 1. The number of rotatable bonds is 3. The molecule has 0 aromatic carbocycles. The van der Waals surface area contributed by atoms with Crippen LogP contribution in [-0.2, 0) is 0 Å². The third-order valence-corrected chi connectivity index (χ3v) is 6.13. The van der Waals surface area contributed by atoms with Gasteiger partial charge in [-0.3, -0.25) is 9.20 Å². The number of thiazole rings is 1. The molecular formula is C21H26FN5OS. The molecule has 1 N–H and O–H groups in total. The number of aromatic nitrogens is 3. The first-order valence-electron chi connectivity index (χ1n) is 9.88. The number of imidazole rings is 1. The average Bonchev–Trinajstić information content (AvgIpc) is 3.24. The molecule has 154 valence electrons. The molecule has 8 heteroatoms. The standard InChI is InChI=1S/C21H26FN5OS/c1-13-18(29-12-23-13)20(28)26-9-7-14(8-10-26)17-19(25-21(2,3)4)27-11-15(22)5-6-16(27)24-17/h5-6,11-12,14,25H,7-10H2,1-4H3. The third kappa shape index (κ3) is 3.99. The van der Waals surface area contributed by atoms with Crippen molar-refractivity contribution in [2.75, 3.05) is 18.4 Å². The molecule has 3 aromatic heterocycles. The number of anilines is 1. The number of carbonyl (C=O) groups is 1. The average molecular weight is 416 g/mol. The molecule has 1 aliphatic heterocycles. The Morgan fingerprint density at radius 3 is 2.62 bits per heavy atom. The number of pyridine rings is 1. The van der Waals surface area contributed by atoms with Crippen LogP contribution in [0.1, 0.15) is 60.6 Å². The van der Waals surface area contributed by atoms with E-state index in [4.69, 9.17) is 4.98 Å². The number of likely N-dealkylation sites (tertiary alicyclic amines) is 1. The Morgan fingerprint density at radius 1 is 1.28 bits per heavy atom. The molecule has 0 saturated carbocycles. The first-order chi connectivity index (χ1) is 13.7. The normalized spacial score (nSPS) is 15.8. The molecule has 0 bridgehead atoms. The SMILES string of the molecule is Cc1ncsc1C(=O)N1CCC(c2nc3ccc(F)cn3c2NC(C)(C)C)CC1. The molecular weight excluding hydrogens is 389 g/mol. The van der Waals surface area contributed by atoms with Crippen LogP contribution in [0.25, 0.3) is 5.65 Å². The Kier molecular flexibility index (Phi) is 5.06. The highest BCUT2D eigenvalue weighted by Gasteiger charge is 2.30. The topological polar surface area (TPSA) is 62.5 Å². The maximum absolute atomic E-state index is 13.9. The molecule has 1 amide bonds. The first kappa shape index (κ1) is 19.8. The summed E-state index contributed by atoms with van der Waals surface area (Å²) in [6, 6.07) is 3.14. The van der Waals surface area contributed by atoms with Gasteiger partial charge in [-0.05, 0) is 52.7 Å². The lowest BCUT2D eigenvalue weighted by molar-refractivity contribution is 0.0716. The van der Waals surface area contributed by atoms with Gasteiger partial charge in [-0.2, -0.15) is 0 Å². The zero-order valence-corrected chi connectivity index (χ0v) is 18.0. The Morgan fingerprint density at radius 2 is 2.00 bits per heavy atom. The summed E-state index contributed by atoms with van der Waals surface area (Å²) in [5, 5.41) is 3.51. The van der Waals surface area contributed by atoms with Crippen molar-refractivity contribution in [1.29, 1.82) is 0 Å². The third-order valence-electron chi connectivity index (χ3n) is 5.21. The van der Waals surface area contributed by atoms with Gasteiger partial charge >= 0.3 is 0 Å². The van der Waals surface area contributed by atoms with Gasteiger partial charge in [-0.1, -0.05) is 0 Å². The number of hydrogen-bond donors (Lipinski definition) is 1. The second-order valence-corrected chi connectivity index (χ2v) is 9.48. The van der Waals surface area contributed by atoms with E-state index in [1.807, 2.05) is 11.8 Å². The van der Waals surface area contributed by atoms with Gasteiger partial charge in [0.25, 0.3) is 5.91 Å². The van der Waals surface area contributed by atoms with Crippen LogP contribution in [0.3, 0.4) is 0 Å². The molecule has 29 heavy (non-hydrogen) atoms. The highest BCUT2D eigenvalue weighted by Crippen LogP contribution is 2.35. The summed E-state index contributed by atoms with van der Waals surface area (Å²) in [4.78, 5) is 24.4. The predicted molar refractivity (Wildman–Crippen MR) is 113 cm³/mol. The fraction of sp³-hybridized carbons (Fsp3) is 0.476. The minimum atomic E-state index is -0.293. The lowest BCUT2D eigenvalue weighted by Gasteiger charge is -2.32. The number of nitrogens with zero attached hydrogens (tertiary/aromatic N) is 4. The molecule has 6 nitrogen and oxygen atoms in total. The van der Waals surface area contributed by atoms with Crippen LogP contribution in [0.2, 0.25) is 0 Å². The van der Waals surface area contributed by atoms with Crippen molar-refractivity contribution in [3.8, 4) is 0 Å². The van der Waals surface area contributed by atoms with E-state index in [1.165, 1.54) is 23.6 Å². The predicted octanol–water partition coefficient (Wildman–Crippen LogP) is 4.47. The Labute approximate surface area is 173 Å². The summed E-state index contributed by atoms with van der Waals surface area (Å²) in [6.45, 7) is 9.46. The number of hydrogen-bond acceptors (Lipinski definition) is 5. The van der Waals surface area contributed by atoms with Crippen molar-refractivity contribution < 1.29 is 9.18 Å². The van der Waals surface area contributed by atoms with E-state index in [9.17, 15) is 9.18 Å². The van der Waals surface area contributed by atoms with E-state index in [0.717, 1.165) is 40.6 Å². The summed E-state index contributed by atoms with van der Waals surface area (Å²) >= 11 is 1.40. The van der Waals surface area contributed by atoms with Crippen LogP contribution in [-0.4, -0.2) is 43.8 Å². The fourth-order valence-electron chi connectivity index (χ4n) is 3.81. The van der Waals surface area contributed by atoms with Gasteiger partial charge in [-0.15, -0.1) is 11.3 Å². The first-order valence-corrected chi connectivity index (χ1v) is 10.8. The second-order valence-electron chi connectivity index (χ2n) is 8.63. The number of amides is 1. The number of carbonyl (C=O) groups excluding carboxylic acids is 1. The van der Waals surface area contributed by atoms with E-state index in [0.29, 0.717) is 13.1 Å². The van der Waals surface area contributed by atoms with Crippen molar-refractivity contribution >= 4 is 28.7 Å². The zero-order chi connectivity index (χ0) is 20.8. The smallest absolute Gasteiger partial charge is 0.265 e. The molecule has 1 fully saturated rings. The van der Waals surface area contributed by atoms with E-state index >= 15 is 0 Å². The Hall–Kier alpha value is -2.48. The van der Waals surface area contributed by atoms with Crippen LogP contribution in [0, 0.1) is 12.7 Å². The van der Waals surface area contributed by atoms with E-state index in [2.05, 4.69) is 31.1 Å². The van der Waals surface area contributed by atoms with Crippen molar-refractivity contribution in [3.63, 3.8) is 0 Å². The highest BCUT2D eigenvalue weighted by molar-refractivity contribution is 7.11. The lowest BCUT2D eigenvalue weighted by Crippen LogP contribution is -2.38. The number of piperidine rings is 1. The highest BCUT2D eigenvalue weighted by atomic mass is 32.1. The van der Waals surface area contributed by atoms with E-state index < -0.39 is 0 Å². The Bertz CT molecular complexity index is 1040. The molecule has 3 aromatic rings. The number of nitrogens with one attached hydrogen (secondary N) is 1. The lowest BCUT2D eigenvalue weighted by atomic mass is 9.93. The minimum absolute atomic E-state index is 0.0635. The molecule has 0 radical (unpaired) electrons. The molecule has 4 rings (SSSR count). The van der Waals surface area contributed by atoms with Gasteiger partial charge in [0.2, 0.25) is 0 Å². The molecule has 1 saturated heterocycles. The zero-order valence-electron chi connectivity index (χ0n) is 17.2. The van der Waals surface area contributed by atoms with Crippen molar-refractivity contribution in [3.05, 3.63) is 45.9 Å². The summed E-state index contributed by atoms with van der Waals surface area (Å²) in [6.07, 6.45) is 3.13. The summed E-state index contributed by atoms with van der Waals surface area (Å²) in [7, 11) is 0. The minimum Gasteiger partial charge on any atom is -0.365 e. The van der Waals surface area contributed by atoms with Gasteiger partial charge < -0.3 is 10.2 Å². The fourth-order valence-corrected chi connectivity index (χ4v) is 4.58. The maximum Gasteiger partial charge on any atom is 0.265 e. The molecule has 0 unspecified atom stereocenters. The van der Waals surface area contributed by atoms with Crippen LogP contribution in [0.4, 0.5) is 10.2 Å². The summed E-state index contributed by atoms with van der Waals surface area (Å²) in [5.74, 6) is 0.830. The number of halogens is 1. The monoisotopic (exact) mass is 415 g/mol. The molecule has 0 spiro atoms. The van der Waals surface area contributed by atoms with Crippen molar-refractivity contribution in [1.82, 2.24) is 19.3 Å². The van der Waals surface area contributed by atoms with E-state index in [1.54, 1.807) is 16.0 Å². The van der Waals surface area contributed by atoms with Gasteiger partial charge in [0.1, 0.15) is 22.2 Å². The van der Waals surface area contributed by atoms with Crippen LogP contribution in [0.5, 0.6) is 0 Å². The van der Waals surface area contributed by atoms with Crippen molar-refractivity contribution in [2.24, 2.45) is 0 Å². The maximum atomic E-state index is 13.9. The van der Waals surface area contributed by atoms with Gasteiger partial charge in [-0.25, -0.2) is 14.4 Å². The molecule has 4 heterocycles. The Balaban J connectivity index is 1.59. The molecule has 0 atom stereocenters. The quantitative estimate of drug-likeness (QED) is 0.686. The van der Waals surface area contributed by atoms with Crippen LogP contribution in [0.15, 0.2) is 23.8 Å².